The highest BCUT2D eigenvalue weighted by Gasteiger charge is 2.31. The highest BCUT2D eigenvalue weighted by atomic mass is 19.4. The summed E-state index contributed by atoms with van der Waals surface area (Å²) in [5.74, 6) is -0.516. The van der Waals surface area contributed by atoms with E-state index in [0.717, 1.165) is 42.5 Å². The molecule has 3 rings (SSSR count). The first kappa shape index (κ1) is 19.4. The summed E-state index contributed by atoms with van der Waals surface area (Å²) in [6, 6.07) is 3.13. The first-order valence-electron chi connectivity index (χ1n) is 9.08. The predicted molar refractivity (Wildman–Crippen MR) is 95.5 cm³/mol. The van der Waals surface area contributed by atoms with Gasteiger partial charge in [-0.2, -0.15) is 18.3 Å². The van der Waals surface area contributed by atoms with Gasteiger partial charge >= 0.3 is 6.18 Å². The van der Waals surface area contributed by atoms with Gasteiger partial charge in [0, 0.05) is 11.4 Å². The molecule has 1 heterocycles. The van der Waals surface area contributed by atoms with Gasteiger partial charge in [0.05, 0.1) is 16.6 Å². The standard InChI is InChI=1S/C19H22F3N3O2/c1-11(2)17-15-9-12(19(20,21)22)7-8-14(15)18(27)25(24-17)10-16(26)23-13-5-3-4-6-13/h7-9,11,13H,3-6,10H2,1-2H3,(H,23,26). The molecule has 0 unspecified atom stereocenters. The van der Waals surface area contributed by atoms with Crippen molar-refractivity contribution in [1.29, 1.82) is 0 Å². The van der Waals surface area contributed by atoms with Crippen LogP contribution in [0.2, 0.25) is 0 Å². The molecule has 0 bridgehead atoms. The number of carbonyl (C=O) groups excluding carboxylic acids is 1. The molecule has 146 valence electrons. The van der Waals surface area contributed by atoms with Crippen LogP contribution in [0.4, 0.5) is 13.2 Å². The third-order valence-electron chi connectivity index (χ3n) is 4.88. The fourth-order valence-corrected chi connectivity index (χ4v) is 3.50. The number of amides is 1. The Morgan fingerprint density at radius 1 is 1.26 bits per heavy atom. The number of hydrogen-bond donors (Lipinski definition) is 1. The molecule has 1 amide bonds. The maximum absolute atomic E-state index is 13.0. The first-order chi connectivity index (χ1) is 12.7. The minimum Gasteiger partial charge on any atom is -0.352 e. The van der Waals surface area contributed by atoms with Crippen LogP contribution in [0.15, 0.2) is 23.0 Å². The minimum atomic E-state index is -4.50. The molecule has 1 aromatic heterocycles. The van der Waals surface area contributed by atoms with E-state index in [1.54, 1.807) is 13.8 Å². The van der Waals surface area contributed by atoms with E-state index in [2.05, 4.69) is 10.4 Å². The van der Waals surface area contributed by atoms with Crippen molar-refractivity contribution in [2.24, 2.45) is 0 Å². The van der Waals surface area contributed by atoms with Gasteiger partial charge < -0.3 is 5.32 Å². The number of halogens is 3. The lowest BCUT2D eigenvalue weighted by molar-refractivity contribution is -0.137. The van der Waals surface area contributed by atoms with Crippen molar-refractivity contribution >= 4 is 16.7 Å². The van der Waals surface area contributed by atoms with Gasteiger partial charge in [-0.25, -0.2) is 4.68 Å². The monoisotopic (exact) mass is 381 g/mol. The number of carbonyl (C=O) groups is 1. The zero-order valence-electron chi connectivity index (χ0n) is 15.3. The van der Waals surface area contributed by atoms with Crippen LogP contribution in [0.3, 0.4) is 0 Å². The Kier molecular flexibility index (Phi) is 5.26. The summed E-state index contributed by atoms with van der Waals surface area (Å²) >= 11 is 0. The van der Waals surface area contributed by atoms with Crippen molar-refractivity contribution in [1.82, 2.24) is 15.1 Å². The lowest BCUT2D eigenvalue weighted by Crippen LogP contribution is -2.38. The Morgan fingerprint density at radius 2 is 1.93 bits per heavy atom. The van der Waals surface area contributed by atoms with Crippen molar-refractivity contribution in [2.75, 3.05) is 0 Å². The number of fused-ring (bicyclic) bond motifs is 1. The lowest BCUT2D eigenvalue weighted by atomic mass is 10.0. The molecule has 0 saturated heterocycles. The first-order valence-corrected chi connectivity index (χ1v) is 9.08. The molecule has 5 nitrogen and oxygen atoms in total. The number of aromatic nitrogens is 2. The van der Waals surface area contributed by atoms with Crippen LogP contribution in [0, 0.1) is 0 Å². The Bertz CT molecular complexity index is 913. The Hall–Kier alpha value is -2.38. The molecule has 1 aliphatic rings. The van der Waals surface area contributed by atoms with Crippen LogP contribution in [0.5, 0.6) is 0 Å². The van der Waals surface area contributed by atoms with Gasteiger partial charge in [0.25, 0.3) is 5.56 Å². The quantitative estimate of drug-likeness (QED) is 0.880. The highest BCUT2D eigenvalue weighted by Crippen LogP contribution is 2.32. The Labute approximate surface area is 154 Å². The molecular weight excluding hydrogens is 359 g/mol. The molecule has 0 spiro atoms. The minimum absolute atomic E-state index is 0.118. The zero-order valence-corrected chi connectivity index (χ0v) is 15.3. The molecule has 8 heteroatoms. The topological polar surface area (TPSA) is 64.0 Å². The molecule has 0 aliphatic heterocycles. The van der Waals surface area contributed by atoms with E-state index in [1.807, 2.05) is 0 Å². The van der Waals surface area contributed by atoms with Gasteiger partial charge in [-0.15, -0.1) is 0 Å². The van der Waals surface area contributed by atoms with E-state index in [1.165, 1.54) is 6.07 Å². The van der Waals surface area contributed by atoms with Crippen molar-refractivity contribution < 1.29 is 18.0 Å². The number of nitrogens with zero attached hydrogens (tertiary/aromatic N) is 2. The predicted octanol–water partition coefficient (Wildman–Crippen LogP) is 3.60. The molecule has 0 atom stereocenters. The summed E-state index contributed by atoms with van der Waals surface area (Å²) in [7, 11) is 0. The SMILES string of the molecule is CC(C)c1nn(CC(=O)NC2CCCC2)c(=O)c2ccc(C(F)(F)F)cc12. The largest absolute Gasteiger partial charge is 0.416 e. The maximum atomic E-state index is 13.0. The molecule has 1 aromatic carbocycles. The second kappa shape index (κ2) is 7.32. The van der Waals surface area contributed by atoms with Crippen LogP contribution in [-0.2, 0) is 17.5 Å². The van der Waals surface area contributed by atoms with E-state index in [9.17, 15) is 22.8 Å². The molecule has 1 N–H and O–H groups in total. The molecule has 27 heavy (non-hydrogen) atoms. The smallest absolute Gasteiger partial charge is 0.352 e. The van der Waals surface area contributed by atoms with Crippen LogP contribution >= 0.6 is 0 Å². The fourth-order valence-electron chi connectivity index (χ4n) is 3.50. The second-order valence-corrected chi connectivity index (χ2v) is 7.31. The van der Waals surface area contributed by atoms with Crippen molar-refractivity contribution in [2.45, 2.75) is 64.2 Å². The van der Waals surface area contributed by atoms with Crippen LogP contribution in [0.1, 0.15) is 56.7 Å². The van der Waals surface area contributed by atoms with Crippen LogP contribution in [-0.4, -0.2) is 21.7 Å². The summed E-state index contributed by atoms with van der Waals surface area (Å²) in [6.07, 6.45) is -0.527. The van der Waals surface area contributed by atoms with Crippen LogP contribution in [0.25, 0.3) is 10.8 Å². The number of benzene rings is 1. The van der Waals surface area contributed by atoms with Gasteiger partial charge in [-0.3, -0.25) is 9.59 Å². The summed E-state index contributed by atoms with van der Waals surface area (Å²) < 4.78 is 40.2. The Balaban J connectivity index is 2.00. The molecule has 0 radical (unpaired) electrons. The van der Waals surface area contributed by atoms with E-state index >= 15 is 0 Å². The van der Waals surface area contributed by atoms with Gasteiger partial charge in [-0.05, 0) is 37.0 Å². The van der Waals surface area contributed by atoms with Gasteiger partial charge in [0.1, 0.15) is 6.54 Å². The van der Waals surface area contributed by atoms with Crippen molar-refractivity contribution in [3.05, 3.63) is 39.8 Å². The van der Waals surface area contributed by atoms with Gasteiger partial charge in [0.2, 0.25) is 5.91 Å². The molecule has 1 fully saturated rings. The third-order valence-corrected chi connectivity index (χ3v) is 4.88. The molecule has 1 aliphatic carbocycles. The maximum Gasteiger partial charge on any atom is 0.416 e. The number of nitrogens with one attached hydrogen (secondary N) is 1. The third kappa shape index (κ3) is 4.14. The molecule has 1 saturated carbocycles. The van der Waals surface area contributed by atoms with E-state index in [0.29, 0.717) is 5.69 Å². The van der Waals surface area contributed by atoms with Gasteiger partial charge in [0.15, 0.2) is 0 Å². The zero-order chi connectivity index (χ0) is 19.8. The summed E-state index contributed by atoms with van der Waals surface area (Å²) in [5.41, 5.74) is -1.02. The second-order valence-electron chi connectivity index (χ2n) is 7.31. The van der Waals surface area contributed by atoms with E-state index < -0.39 is 17.3 Å². The summed E-state index contributed by atoms with van der Waals surface area (Å²) in [6.45, 7) is 3.33. The average Bonchev–Trinajstić information content (AvgIpc) is 3.08. The summed E-state index contributed by atoms with van der Waals surface area (Å²) in [4.78, 5) is 24.9. The summed E-state index contributed by atoms with van der Waals surface area (Å²) in [5, 5.41) is 7.42. The highest BCUT2D eigenvalue weighted by molar-refractivity contribution is 5.85. The molecular formula is C19H22F3N3O2. The normalized spacial score (nSPS) is 15.6. The number of hydrogen-bond acceptors (Lipinski definition) is 3. The van der Waals surface area contributed by atoms with Crippen LogP contribution < -0.4 is 10.9 Å². The van der Waals surface area contributed by atoms with Crippen molar-refractivity contribution in [3.8, 4) is 0 Å². The molecule has 2 aromatic rings. The number of alkyl halides is 3. The van der Waals surface area contributed by atoms with Crippen molar-refractivity contribution in [3.63, 3.8) is 0 Å². The Morgan fingerprint density at radius 3 is 2.52 bits per heavy atom. The van der Waals surface area contributed by atoms with Gasteiger partial charge in [-0.1, -0.05) is 26.7 Å². The lowest BCUT2D eigenvalue weighted by Gasteiger charge is -2.16. The van der Waals surface area contributed by atoms with E-state index in [-0.39, 0.29) is 35.2 Å². The van der Waals surface area contributed by atoms with E-state index in [4.69, 9.17) is 0 Å². The average molecular weight is 381 g/mol. The number of rotatable bonds is 4. The fraction of sp³-hybridized carbons (Fsp3) is 0.526.